The van der Waals surface area contributed by atoms with E-state index < -0.39 is 11.9 Å². The fourth-order valence-electron chi connectivity index (χ4n) is 2.33. The van der Waals surface area contributed by atoms with Gasteiger partial charge >= 0.3 is 5.97 Å². The highest BCUT2D eigenvalue weighted by atomic mass is 16.6. The Labute approximate surface area is 169 Å². The van der Waals surface area contributed by atoms with Gasteiger partial charge in [0.15, 0.2) is 6.61 Å². The maximum atomic E-state index is 12.0. The van der Waals surface area contributed by atoms with Gasteiger partial charge in [-0.25, -0.2) is 4.79 Å². The van der Waals surface area contributed by atoms with Crippen LogP contribution in [0, 0.1) is 18.3 Å². The van der Waals surface area contributed by atoms with Gasteiger partial charge in [-0.05, 0) is 42.3 Å². The second-order valence-electron chi connectivity index (χ2n) is 6.02. The topological polar surface area (TPSA) is 97.6 Å². The predicted octanol–water partition coefficient (Wildman–Crippen LogP) is 2.65. The van der Waals surface area contributed by atoms with Crippen LogP contribution in [0.15, 0.2) is 54.1 Å². The molecule has 0 atom stereocenters. The molecule has 150 valence electrons. The molecule has 0 saturated heterocycles. The average molecular weight is 394 g/mol. The molecule has 0 radical (unpaired) electrons. The lowest BCUT2D eigenvalue weighted by Gasteiger charge is -2.09. The van der Waals surface area contributed by atoms with Crippen molar-refractivity contribution in [3.8, 4) is 17.6 Å². The Kier molecular flexibility index (Phi) is 8.42. The van der Waals surface area contributed by atoms with E-state index in [4.69, 9.17) is 19.5 Å². The highest BCUT2D eigenvalue weighted by Crippen LogP contribution is 2.17. The van der Waals surface area contributed by atoms with Crippen molar-refractivity contribution < 1.29 is 23.8 Å². The number of carbonyl (C=O) groups excluding carboxylic acids is 2. The second kappa shape index (κ2) is 11.3. The van der Waals surface area contributed by atoms with Crippen LogP contribution < -0.4 is 14.8 Å². The Morgan fingerprint density at radius 3 is 2.52 bits per heavy atom. The van der Waals surface area contributed by atoms with Crippen molar-refractivity contribution in [2.75, 3.05) is 26.9 Å². The zero-order chi connectivity index (χ0) is 21.1. The van der Waals surface area contributed by atoms with E-state index in [0.717, 1.165) is 5.56 Å². The molecule has 7 nitrogen and oxygen atoms in total. The Morgan fingerprint density at radius 2 is 1.86 bits per heavy atom. The lowest BCUT2D eigenvalue weighted by molar-refractivity contribution is -0.136. The number of aryl methyl sites for hydroxylation is 1. The molecule has 0 aromatic heterocycles. The van der Waals surface area contributed by atoms with Gasteiger partial charge in [-0.2, -0.15) is 5.26 Å². The van der Waals surface area contributed by atoms with E-state index in [1.807, 2.05) is 31.2 Å². The van der Waals surface area contributed by atoms with E-state index in [-0.39, 0.29) is 12.2 Å². The zero-order valence-electron chi connectivity index (χ0n) is 16.3. The van der Waals surface area contributed by atoms with E-state index in [0.29, 0.717) is 30.2 Å². The van der Waals surface area contributed by atoms with Crippen LogP contribution in [-0.4, -0.2) is 38.7 Å². The molecule has 2 rings (SSSR count). The Hall–Kier alpha value is -3.63. The number of para-hydroxylation sites is 1. The summed E-state index contributed by atoms with van der Waals surface area (Å²) >= 11 is 0. The molecule has 2 aromatic rings. The number of benzene rings is 2. The van der Waals surface area contributed by atoms with Crippen LogP contribution in [0.25, 0.3) is 6.08 Å². The van der Waals surface area contributed by atoms with Crippen molar-refractivity contribution in [2.24, 2.45) is 0 Å². The van der Waals surface area contributed by atoms with Crippen molar-refractivity contribution in [1.29, 1.82) is 5.26 Å². The molecular weight excluding hydrogens is 372 g/mol. The Bertz CT molecular complexity index is 914. The molecule has 1 N–H and O–H groups in total. The summed E-state index contributed by atoms with van der Waals surface area (Å²) in [4.78, 5) is 23.9. The number of esters is 1. The minimum atomic E-state index is -0.535. The van der Waals surface area contributed by atoms with Gasteiger partial charge in [0.05, 0.1) is 6.61 Å². The van der Waals surface area contributed by atoms with Gasteiger partial charge in [-0.3, -0.25) is 4.79 Å². The van der Waals surface area contributed by atoms with E-state index in [9.17, 15) is 9.59 Å². The van der Waals surface area contributed by atoms with Crippen molar-refractivity contribution in [3.05, 3.63) is 65.2 Å². The van der Waals surface area contributed by atoms with Gasteiger partial charge in [0.25, 0.3) is 5.91 Å². The predicted molar refractivity (Wildman–Crippen MR) is 107 cm³/mol. The summed E-state index contributed by atoms with van der Waals surface area (Å²) in [6, 6.07) is 15.7. The fraction of sp³-hybridized carbons (Fsp3) is 0.227. The van der Waals surface area contributed by atoms with Crippen molar-refractivity contribution in [1.82, 2.24) is 5.32 Å². The smallest absolute Gasteiger partial charge is 0.349 e. The van der Waals surface area contributed by atoms with Gasteiger partial charge < -0.3 is 19.5 Å². The molecule has 0 heterocycles. The number of nitrogens with one attached hydrogen (secondary N) is 1. The van der Waals surface area contributed by atoms with Gasteiger partial charge in [0.2, 0.25) is 0 Å². The van der Waals surface area contributed by atoms with E-state index in [1.54, 1.807) is 30.3 Å². The van der Waals surface area contributed by atoms with Gasteiger partial charge in [-0.15, -0.1) is 0 Å². The number of hydrogen-bond donors (Lipinski definition) is 1. The van der Waals surface area contributed by atoms with Gasteiger partial charge in [0, 0.05) is 13.7 Å². The third-order valence-corrected chi connectivity index (χ3v) is 3.82. The summed E-state index contributed by atoms with van der Waals surface area (Å²) in [5.41, 5.74) is 1.52. The number of hydrogen-bond acceptors (Lipinski definition) is 6. The lowest BCUT2D eigenvalue weighted by atomic mass is 10.1. The van der Waals surface area contributed by atoms with Crippen LogP contribution in [0.2, 0.25) is 0 Å². The number of rotatable bonds is 9. The minimum Gasteiger partial charge on any atom is -0.482 e. The van der Waals surface area contributed by atoms with E-state index in [1.165, 1.54) is 13.2 Å². The van der Waals surface area contributed by atoms with Crippen LogP contribution in [0.3, 0.4) is 0 Å². The minimum absolute atomic E-state index is 0.0301. The molecule has 2 aromatic carbocycles. The summed E-state index contributed by atoms with van der Waals surface area (Å²) in [6.45, 7) is 2.35. The Balaban J connectivity index is 1.91. The summed E-state index contributed by atoms with van der Waals surface area (Å²) in [7, 11) is 1.52. The van der Waals surface area contributed by atoms with Crippen LogP contribution in [0.5, 0.6) is 11.5 Å². The highest BCUT2D eigenvalue weighted by Gasteiger charge is 2.10. The van der Waals surface area contributed by atoms with E-state index >= 15 is 0 Å². The molecule has 0 unspecified atom stereocenters. The number of ether oxygens (including phenoxy) is 3. The highest BCUT2D eigenvalue weighted by molar-refractivity contribution is 6.01. The standard InChI is InChI=1S/C22H22N2O5/c1-16-5-3-4-6-20(16)28-15-21(25)29-19-9-7-17(8-10-19)13-18(14-23)22(26)24-11-12-27-2/h3-10,13H,11-12,15H2,1-2H3,(H,24,26)/b18-13+. The molecule has 0 fully saturated rings. The monoisotopic (exact) mass is 394 g/mol. The van der Waals surface area contributed by atoms with E-state index in [2.05, 4.69) is 5.32 Å². The van der Waals surface area contributed by atoms with Crippen LogP contribution in [0.1, 0.15) is 11.1 Å². The summed E-state index contributed by atoms with van der Waals surface area (Å²) in [5, 5.41) is 11.8. The van der Waals surface area contributed by atoms with Gasteiger partial charge in [0.1, 0.15) is 23.1 Å². The first-order valence-electron chi connectivity index (χ1n) is 8.91. The first-order valence-corrected chi connectivity index (χ1v) is 8.91. The van der Waals surface area contributed by atoms with Crippen LogP contribution in [-0.2, 0) is 14.3 Å². The fourth-order valence-corrected chi connectivity index (χ4v) is 2.33. The first kappa shape index (κ1) is 21.7. The number of methoxy groups -OCH3 is 1. The summed E-state index contributed by atoms with van der Waals surface area (Å²) < 4.78 is 15.5. The molecule has 1 amide bonds. The first-order chi connectivity index (χ1) is 14.0. The number of carbonyl (C=O) groups is 2. The largest absolute Gasteiger partial charge is 0.482 e. The molecule has 0 bridgehead atoms. The summed E-state index contributed by atoms with van der Waals surface area (Å²) in [5.74, 6) is -0.0541. The molecule has 0 saturated carbocycles. The van der Waals surface area contributed by atoms with Crippen LogP contribution in [0.4, 0.5) is 0 Å². The van der Waals surface area contributed by atoms with Crippen molar-refractivity contribution in [3.63, 3.8) is 0 Å². The number of nitriles is 1. The molecule has 0 aliphatic rings. The third-order valence-electron chi connectivity index (χ3n) is 3.82. The average Bonchev–Trinajstić information content (AvgIpc) is 2.72. The SMILES string of the molecule is COCCNC(=O)/C(C#N)=C/c1ccc(OC(=O)COc2ccccc2C)cc1. The van der Waals surface area contributed by atoms with Crippen LogP contribution >= 0.6 is 0 Å². The molecule has 29 heavy (non-hydrogen) atoms. The normalized spacial score (nSPS) is 10.7. The van der Waals surface area contributed by atoms with Gasteiger partial charge in [-0.1, -0.05) is 30.3 Å². The molecular formula is C22H22N2O5. The molecule has 0 spiro atoms. The lowest BCUT2D eigenvalue weighted by Crippen LogP contribution is -2.27. The summed E-state index contributed by atoms with van der Waals surface area (Å²) in [6.07, 6.45) is 1.45. The third kappa shape index (κ3) is 7.13. The maximum Gasteiger partial charge on any atom is 0.349 e. The quantitative estimate of drug-likeness (QED) is 0.231. The van der Waals surface area contributed by atoms with Crippen molar-refractivity contribution in [2.45, 2.75) is 6.92 Å². The molecule has 7 heteroatoms. The molecule has 0 aliphatic carbocycles. The van der Waals surface area contributed by atoms with Crippen molar-refractivity contribution >= 4 is 18.0 Å². The molecule has 0 aliphatic heterocycles. The number of amides is 1. The Morgan fingerprint density at radius 1 is 1.14 bits per heavy atom. The maximum absolute atomic E-state index is 12.0. The second-order valence-corrected chi connectivity index (χ2v) is 6.02. The zero-order valence-corrected chi connectivity index (χ0v) is 16.3. The number of nitrogens with zero attached hydrogens (tertiary/aromatic N) is 1.